The molecule has 0 atom stereocenters. The molecule has 1 aromatic rings. The molecule has 0 radical (unpaired) electrons. The van der Waals surface area contributed by atoms with E-state index in [0.29, 0.717) is 0 Å². The Morgan fingerprint density at radius 3 is 2.04 bits per heavy atom. The standard InChI is InChI=1S/C21H32BrNO/c1-2-3-4-5-6-7-8-9-10-11-18-23-21(24)17-14-19-12-15-20(22)16-13-19/h12-17H,2-11,18H2,1H3,(H,23,24)/b17-14+. The van der Waals surface area contributed by atoms with Gasteiger partial charge in [-0.2, -0.15) is 0 Å². The van der Waals surface area contributed by atoms with Gasteiger partial charge in [0.25, 0.3) is 0 Å². The topological polar surface area (TPSA) is 29.1 Å². The smallest absolute Gasteiger partial charge is 0.243 e. The number of carbonyl (C=O) groups is 1. The molecule has 0 spiro atoms. The minimum absolute atomic E-state index is 0.00570. The summed E-state index contributed by atoms with van der Waals surface area (Å²) in [4.78, 5) is 11.7. The zero-order valence-corrected chi connectivity index (χ0v) is 16.6. The second kappa shape index (κ2) is 14.3. The lowest BCUT2D eigenvalue weighted by atomic mass is 10.1. The molecule has 1 aromatic carbocycles. The Kier molecular flexibility index (Phi) is 12.5. The van der Waals surface area contributed by atoms with Crippen molar-refractivity contribution in [2.24, 2.45) is 0 Å². The van der Waals surface area contributed by atoms with Crippen LogP contribution in [0.2, 0.25) is 0 Å². The van der Waals surface area contributed by atoms with Crippen LogP contribution < -0.4 is 5.32 Å². The molecule has 24 heavy (non-hydrogen) atoms. The van der Waals surface area contributed by atoms with Gasteiger partial charge >= 0.3 is 0 Å². The minimum atomic E-state index is -0.00570. The van der Waals surface area contributed by atoms with Crippen molar-refractivity contribution in [1.82, 2.24) is 5.32 Å². The summed E-state index contributed by atoms with van der Waals surface area (Å²) < 4.78 is 1.05. The quantitative estimate of drug-likeness (QED) is 0.300. The first-order chi connectivity index (χ1) is 11.7. The van der Waals surface area contributed by atoms with E-state index in [9.17, 15) is 4.79 Å². The molecule has 134 valence electrons. The van der Waals surface area contributed by atoms with E-state index in [2.05, 4.69) is 28.2 Å². The zero-order chi connectivity index (χ0) is 17.5. The van der Waals surface area contributed by atoms with Gasteiger partial charge in [0.1, 0.15) is 0 Å². The molecule has 3 heteroatoms. The van der Waals surface area contributed by atoms with E-state index in [0.717, 1.165) is 23.0 Å². The SMILES string of the molecule is CCCCCCCCCCCCNC(=O)/C=C/c1ccc(Br)cc1. The number of rotatable bonds is 13. The summed E-state index contributed by atoms with van der Waals surface area (Å²) in [7, 11) is 0. The summed E-state index contributed by atoms with van der Waals surface area (Å²) in [5.41, 5.74) is 1.03. The summed E-state index contributed by atoms with van der Waals surface area (Å²) in [6, 6.07) is 7.91. The number of carbonyl (C=O) groups excluding carboxylic acids is 1. The molecule has 0 unspecified atom stereocenters. The van der Waals surface area contributed by atoms with Crippen LogP contribution in [-0.4, -0.2) is 12.5 Å². The lowest BCUT2D eigenvalue weighted by Gasteiger charge is -2.03. The predicted molar refractivity (Wildman–Crippen MR) is 108 cm³/mol. The molecule has 0 aliphatic heterocycles. The number of halogens is 1. The Morgan fingerprint density at radius 2 is 1.46 bits per heavy atom. The van der Waals surface area contributed by atoms with Crippen molar-refractivity contribution in [3.8, 4) is 0 Å². The molecule has 0 bridgehead atoms. The van der Waals surface area contributed by atoms with Crippen molar-refractivity contribution in [3.63, 3.8) is 0 Å². The molecular formula is C21H32BrNO. The lowest BCUT2D eigenvalue weighted by molar-refractivity contribution is -0.116. The van der Waals surface area contributed by atoms with Gasteiger partial charge in [0.15, 0.2) is 0 Å². The molecule has 0 saturated heterocycles. The third-order valence-corrected chi connectivity index (χ3v) is 4.66. The van der Waals surface area contributed by atoms with Crippen molar-refractivity contribution >= 4 is 27.9 Å². The Labute approximate surface area is 156 Å². The van der Waals surface area contributed by atoms with Gasteiger partial charge in [-0.1, -0.05) is 92.8 Å². The number of benzene rings is 1. The van der Waals surface area contributed by atoms with Gasteiger partial charge in [-0.25, -0.2) is 0 Å². The van der Waals surface area contributed by atoms with Crippen LogP contribution in [-0.2, 0) is 4.79 Å². The monoisotopic (exact) mass is 393 g/mol. The fraction of sp³-hybridized carbons (Fsp3) is 0.571. The van der Waals surface area contributed by atoms with Crippen LogP contribution in [0.4, 0.5) is 0 Å². The third kappa shape index (κ3) is 11.4. The maximum absolute atomic E-state index is 11.7. The second-order valence-corrected chi connectivity index (χ2v) is 7.27. The third-order valence-electron chi connectivity index (χ3n) is 4.13. The minimum Gasteiger partial charge on any atom is -0.353 e. The van der Waals surface area contributed by atoms with E-state index < -0.39 is 0 Å². The van der Waals surface area contributed by atoms with Crippen molar-refractivity contribution in [1.29, 1.82) is 0 Å². The first kappa shape index (κ1) is 21.0. The van der Waals surface area contributed by atoms with Crippen LogP contribution in [0.3, 0.4) is 0 Å². The number of hydrogen-bond donors (Lipinski definition) is 1. The Hall–Kier alpha value is -1.09. The molecule has 0 aliphatic rings. The highest BCUT2D eigenvalue weighted by Gasteiger charge is 1.96. The fourth-order valence-electron chi connectivity index (χ4n) is 2.63. The molecule has 0 aromatic heterocycles. The largest absolute Gasteiger partial charge is 0.353 e. The molecule has 0 fully saturated rings. The normalized spacial score (nSPS) is 11.1. The van der Waals surface area contributed by atoms with E-state index in [1.165, 1.54) is 57.8 Å². The fourth-order valence-corrected chi connectivity index (χ4v) is 2.89. The highest BCUT2D eigenvalue weighted by atomic mass is 79.9. The molecule has 0 saturated carbocycles. The van der Waals surface area contributed by atoms with E-state index in [4.69, 9.17) is 0 Å². The van der Waals surface area contributed by atoms with Gasteiger partial charge < -0.3 is 5.32 Å². The number of amides is 1. The van der Waals surface area contributed by atoms with Gasteiger partial charge in [-0.05, 0) is 30.2 Å². The second-order valence-electron chi connectivity index (χ2n) is 6.36. The maximum atomic E-state index is 11.7. The van der Waals surface area contributed by atoms with Crippen LogP contribution in [0.5, 0.6) is 0 Å². The van der Waals surface area contributed by atoms with Crippen molar-refractivity contribution in [2.45, 2.75) is 71.1 Å². The summed E-state index contributed by atoms with van der Waals surface area (Å²) in [6.07, 6.45) is 16.6. The maximum Gasteiger partial charge on any atom is 0.243 e. The zero-order valence-electron chi connectivity index (χ0n) is 15.0. The van der Waals surface area contributed by atoms with Crippen LogP contribution in [0.1, 0.15) is 76.7 Å². The molecule has 1 N–H and O–H groups in total. The summed E-state index contributed by atoms with van der Waals surface area (Å²) >= 11 is 3.40. The molecule has 2 nitrogen and oxygen atoms in total. The molecule has 0 heterocycles. The van der Waals surface area contributed by atoms with Crippen molar-refractivity contribution in [2.75, 3.05) is 6.54 Å². The molecule has 1 rings (SSSR count). The molecule has 1 amide bonds. The average Bonchev–Trinajstić information content (AvgIpc) is 2.59. The lowest BCUT2D eigenvalue weighted by Crippen LogP contribution is -2.21. The number of hydrogen-bond acceptors (Lipinski definition) is 1. The molecule has 0 aliphatic carbocycles. The van der Waals surface area contributed by atoms with Gasteiger partial charge in [-0.3, -0.25) is 4.79 Å². The summed E-state index contributed by atoms with van der Waals surface area (Å²) in [5.74, 6) is -0.00570. The van der Waals surface area contributed by atoms with E-state index in [1.807, 2.05) is 30.3 Å². The van der Waals surface area contributed by atoms with Crippen LogP contribution in [0.25, 0.3) is 6.08 Å². The van der Waals surface area contributed by atoms with E-state index >= 15 is 0 Å². The van der Waals surface area contributed by atoms with Gasteiger partial charge in [0.2, 0.25) is 5.91 Å². The Bertz CT molecular complexity index is 467. The predicted octanol–water partition coefficient (Wildman–Crippen LogP) is 6.50. The van der Waals surface area contributed by atoms with Crippen LogP contribution in [0, 0.1) is 0 Å². The van der Waals surface area contributed by atoms with Gasteiger partial charge in [-0.15, -0.1) is 0 Å². The van der Waals surface area contributed by atoms with Crippen LogP contribution in [0.15, 0.2) is 34.8 Å². The van der Waals surface area contributed by atoms with E-state index in [-0.39, 0.29) is 5.91 Å². The number of nitrogens with one attached hydrogen (secondary N) is 1. The van der Waals surface area contributed by atoms with E-state index in [1.54, 1.807) is 6.08 Å². The van der Waals surface area contributed by atoms with Crippen LogP contribution >= 0.6 is 15.9 Å². The first-order valence-electron chi connectivity index (χ1n) is 9.44. The number of unbranched alkanes of at least 4 members (excludes halogenated alkanes) is 9. The summed E-state index contributed by atoms with van der Waals surface area (Å²) in [6.45, 7) is 3.04. The van der Waals surface area contributed by atoms with Gasteiger partial charge in [0.05, 0.1) is 0 Å². The van der Waals surface area contributed by atoms with Crippen molar-refractivity contribution in [3.05, 3.63) is 40.4 Å². The summed E-state index contributed by atoms with van der Waals surface area (Å²) in [5, 5.41) is 2.95. The van der Waals surface area contributed by atoms with Gasteiger partial charge in [0, 0.05) is 17.1 Å². The first-order valence-corrected chi connectivity index (χ1v) is 10.2. The highest BCUT2D eigenvalue weighted by Crippen LogP contribution is 2.12. The van der Waals surface area contributed by atoms with Crippen molar-refractivity contribution < 1.29 is 4.79 Å². The highest BCUT2D eigenvalue weighted by molar-refractivity contribution is 9.10. The molecular weight excluding hydrogens is 362 g/mol. The Balaban J connectivity index is 1.95. The Morgan fingerprint density at radius 1 is 0.917 bits per heavy atom. The average molecular weight is 394 g/mol.